The fraction of sp³-hybridized carbons (Fsp3) is 0.900. The zero-order chi connectivity index (χ0) is 16.1. The van der Waals surface area contributed by atoms with E-state index in [0.29, 0.717) is 19.5 Å². The maximum Gasteiger partial charge on any atom is 0.458 e. The van der Waals surface area contributed by atoms with Crippen LogP contribution in [0.25, 0.3) is 0 Å². The van der Waals surface area contributed by atoms with Crippen molar-refractivity contribution in [2.45, 2.75) is 44.4 Å². The first-order valence-electron chi connectivity index (χ1n) is 5.65. The summed E-state index contributed by atoms with van der Waals surface area (Å²) in [5.41, 5.74) is -5.54. The Hall–Kier alpha value is -0.870. The number of carbonyl (C=O) groups excluding carboxylic acids is 1. The molecule has 1 rings (SSSR count). The van der Waals surface area contributed by atoms with E-state index >= 15 is 0 Å². The normalized spacial score (nSPS) is 21.0. The van der Waals surface area contributed by atoms with E-state index in [1.807, 2.05) is 20.8 Å². The van der Waals surface area contributed by atoms with Gasteiger partial charge in [0.15, 0.2) is 0 Å². The monoisotopic (exact) mass is 320 g/mol. The van der Waals surface area contributed by atoms with Gasteiger partial charge in [-0.15, -0.1) is 0 Å². The number of ether oxygens (including phenoxy) is 1. The number of β-amino-alcohol motifs (C(OH)–C–C–N with tert-alkyl or cyclic N) is 1. The average molecular weight is 320 g/mol. The van der Waals surface area contributed by atoms with Gasteiger partial charge in [-0.25, -0.2) is 4.79 Å². The molecular weight excluding hydrogens is 303 g/mol. The quantitative estimate of drug-likeness (QED) is 0.681. The molecule has 0 bridgehead atoms. The molecule has 1 amide bonds. The van der Waals surface area contributed by atoms with Crippen molar-refractivity contribution in [2.24, 2.45) is 0 Å². The van der Waals surface area contributed by atoms with Crippen LogP contribution in [-0.4, -0.2) is 55.2 Å². The third-order valence-corrected chi connectivity index (χ3v) is 2.38. The Morgan fingerprint density at radius 1 is 1.40 bits per heavy atom. The van der Waals surface area contributed by atoms with Gasteiger partial charge in [0.05, 0.1) is 17.2 Å². The highest BCUT2D eigenvalue weighted by Gasteiger charge is 2.29. The van der Waals surface area contributed by atoms with Crippen molar-refractivity contribution < 1.29 is 36.6 Å². The second-order valence-corrected chi connectivity index (χ2v) is 5.98. The summed E-state index contributed by atoms with van der Waals surface area (Å²) in [6.07, 6.45) is -0.0595. The Morgan fingerprint density at radius 2 is 1.85 bits per heavy atom. The summed E-state index contributed by atoms with van der Waals surface area (Å²) in [7, 11) is 0. The number of aliphatic hydroxyl groups excluding tert-OH is 1. The Balaban J connectivity index is 0.000000441. The third kappa shape index (κ3) is 8.33. The van der Waals surface area contributed by atoms with E-state index in [1.54, 1.807) is 0 Å². The van der Waals surface area contributed by atoms with E-state index in [2.05, 4.69) is 0 Å². The zero-order valence-corrected chi connectivity index (χ0v) is 12.1. The van der Waals surface area contributed by atoms with Gasteiger partial charge in [-0.2, -0.15) is 13.2 Å². The first kappa shape index (κ1) is 19.1. The van der Waals surface area contributed by atoms with Crippen LogP contribution < -0.4 is 0 Å². The molecule has 20 heavy (non-hydrogen) atoms. The maximum atomic E-state index is 11.4. The standard InChI is InChI=1S/C9H17NO3.CHF3O2S/c1-9(2,3)13-8(12)10-5-4-7(11)6-10;2-1(3,4)7(5)6/h7,11H,4-6H2,1-3H3;(H,5,6)/p-1/t7-;/m1./s1. The number of amides is 1. The lowest BCUT2D eigenvalue weighted by molar-refractivity contribution is -0.0452. The highest BCUT2D eigenvalue weighted by molar-refractivity contribution is 7.80. The van der Waals surface area contributed by atoms with E-state index in [4.69, 9.17) is 13.5 Å². The fourth-order valence-corrected chi connectivity index (χ4v) is 1.23. The van der Waals surface area contributed by atoms with Gasteiger partial charge in [0, 0.05) is 13.1 Å². The molecule has 0 aromatic carbocycles. The van der Waals surface area contributed by atoms with Crippen molar-refractivity contribution in [1.82, 2.24) is 4.90 Å². The van der Waals surface area contributed by atoms with Crippen LogP contribution in [0.4, 0.5) is 18.0 Å². The minimum atomic E-state index is -5.08. The van der Waals surface area contributed by atoms with Gasteiger partial charge in [-0.3, -0.25) is 4.21 Å². The molecular formula is C10H17F3NO5S-. The van der Waals surface area contributed by atoms with Crippen molar-refractivity contribution in [3.63, 3.8) is 0 Å². The number of nitrogens with zero attached hydrogens (tertiary/aromatic N) is 1. The van der Waals surface area contributed by atoms with Gasteiger partial charge >= 0.3 is 11.6 Å². The molecule has 0 saturated carbocycles. The highest BCUT2D eigenvalue weighted by atomic mass is 32.2. The number of rotatable bonds is 0. The minimum Gasteiger partial charge on any atom is -0.766 e. The SMILES string of the molecule is CC(C)(C)OC(=O)N1CC[C@@H](O)C1.O=S([O-])C(F)(F)F. The number of alkyl halides is 3. The number of hydrogen-bond donors (Lipinski definition) is 1. The predicted octanol–water partition coefficient (Wildman–Crippen LogP) is 1.37. The predicted molar refractivity (Wildman–Crippen MR) is 63.4 cm³/mol. The summed E-state index contributed by atoms with van der Waals surface area (Å²) in [5, 5.41) is 9.20. The van der Waals surface area contributed by atoms with E-state index in [0.717, 1.165) is 0 Å². The van der Waals surface area contributed by atoms with Crippen LogP contribution in [0.1, 0.15) is 27.2 Å². The van der Waals surface area contributed by atoms with E-state index in [1.165, 1.54) is 4.90 Å². The minimum absolute atomic E-state index is 0.330. The number of likely N-dealkylation sites (tertiary alicyclic amines) is 1. The number of hydrogen-bond acceptors (Lipinski definition) is 5. The molecule has 10 heteroatoms. The molecule has 1 saturated heterocycles. The van der Waals surface area contributed by atoms with Crippen LogP contribution in [0.5, 0.6) is 0 Å². The maximum absolute atomic E-state index is 11.4. The molecule has 1 unspecified atom stereocenters. The first-order chi connectivity index (χ1) is 8.83. The van der Waals surface area contributed by atoms with Crippen LogP contribution in [0.15, 0.2) is 0 Å². The molecule has 1 fully saturated rings. The molecule has 1 N–H and O–H groups in total. The van der Waals surface area contributed by atoms with E-state index in [-0.39, 0.29) is 12.2 Å². The summed E-state index contributed by atoms with van der Waals surface area (Å²) >= 11 is -3.93. The lowest BCUT2D eigenvalue weighted by Gasteiger charge is -2.24. The molecule has 0 aromatic rings. The summed E-state index contributed by atoms with van der Waals surface area (Å²) in [4.78, 5) is 12.9. The number of aliphatic hydroxyl groups is 1. The van der Waals surface area contributed by atoms with E-state index in [9.17, 15) is 23.1 Å². The third-order valence-electron chi connectivity index (χ3n) is 2.00. The lowest BCUT2D eigenvalue weighted by atomic mass is 10.2. The van der Waals surface area contributed by atoms with Gasteiger partial charge < -0.3 is 19.3 Å². The largest absolute Gasteiger partial charge is 0.766 e. The molecule has 0 aromatic heterocycles. The van der Waals surface area contributed by atoms with Gasteiger partial charge in [0.2, 0.25) is 0 Å². The molecule has 0 radical (unpaired) electrons. The Labute approximate surface area is 117 Å². The molecule has 1 heterocycles. The Bertz CT molecular complexity index is 356. The Morgan fingerprint density at radius 3 is 2.10 bits per heavy atom. The molecule has 6 nitrogen and oxygen atoms in total. The van der Waals surface area contributed by atoms with Crippen LogP contribution >= 0.6 is 0 Å². The van der Waals surface area contributed by atoms with Crippen molar-refractivity contribution >= 4 is 17.2 Å². The van der Waals surface area contributed by atoms with E-state index < -0.39 is 22.2 Å². The van der Waals surface area contributed by atoms with Crippen LogP contribution in [-0.2, 0) is 15.8 Å². The molecule has 1 aliphatic heterocycles. The van der Waals surface area contributed by atoms with Crippen LogP contribution in [0, 0.1) is 0 Å². The van der Waals surface area contributed by atoms with Gasteiger partial charge in [-0.05, 0) is 27.2 Å². The van der Waals surface area contributed by atoms with Gasteiger partial charge in [0.25, 0.3) is 0 Å². The molecule has 0 spiro atoms. The first-order valence-corrected chi connectivity index (χ1v) is 6.72. The zero-order valence-electron chi connectivity index (χ0n) is 11.3. The summed E-state index contributed by atoms with van der Waals surface area (Å²) in [6, 6.07) is 0. The molecule has 1 aliphatic rings. The molecule has 2 atom stereocenters. The topological polar surface area (TPSA) is 89.9 Å². The number of carbonyl (C=O) groups is 1. The van der Waals surface area contributed by atoms with Crippen molar-refractivity contribution in [3.8, 4) is 0 Å². The fourth-order valence-electron chi connectivity index (χ4n) is 1.23. The second kappa shape index (κ2) is 7.23. The van der Waals surface area contributed by atoms with Crippen molar-refractivity contribution in [3.05, 3.63) is 0 Å². The average Bonchev–Trinajstić information content (AvgIpc) is 2.61. The molecule has 0 aliphatic carbocycles. The molecule has 120 valence electrons. The summed E-state index contributed by atoms with van der Waals surface area (Å²) in [5.74, 6) is 0. The van der Waals surface area contributed by atoms with Gasteiger partial charge in [-0.1, -0.05) is 0 Å². The number of halogens is 3. The van der Waals surface area contributed by atoms with Crippen LogP contribution in [0.3, 0.4) is 0 Å². The summed E-state index contributed by atoms with van der Waals surface area (Å²) in [6.45, 7) is 6.48. The van der Waals surface area contributed by atoms with Gasteiger partial charge in [0.1, 0.15) is 5.60 Å². The van der Waals surface area contributed by atoms with Crippen molar-refractivity contribution in [1.29, 1.82) is 0 Å². The second-order valence-electron chi connectivity index (χ2n) is 5.05. The smallest absolute Gasteiger partial charge is 0.458 e. The Kier molecular flexibility index (Phi) is 6.91. The lowest BCUT2D eigenvalue weighted by Crippen LogP contribution is -2.35. The summed E-state index contributed by atoms with van der Waals surface area (Å²) < 4.78 is 54.6. The highest BCUT2D eigenvalue weighted by Crippen LogP contribution is 2.17. The van der Waals surface area contributed by atoms with Crippen molar-refractivity contribution in [2.75, 3.05) is 13.1 Å². The van der Waals surface area contributed by atoms with Crippen LogP contribution in [0.2, 0.25) is 0 Å².